The molecule has 1 fully saturated rings. The van der Waals surface area contributed by atoms with Crippen LogP contribution in [0.2, 0.25) is 0 Å². The Labute approximate surface area is 115 Å². The Hall–Kier alpha value is -1.45. The first-order chi connectivity index (χ1) is 8.84. The van der Waals surface area contributed by atoms with Crippen molar-refractivity contribution in [2.45, 2.75) is 53.9 Å². The van der Waals surface area contributed by atoms with E-state index in [-0.39, 0.29) is 0 Å². The molecule has 4 nitrogen and oxygen atoms in total. The van der Waals surface area contributed by atoms with Crippen LogP contribution in [-0.2, 0) is 0 Å². The molecule has 1 aliphatic carbocycles. The highest BCUT2D eigenvalue weighted by molar-refractivity contribution is 5.86. The van der Waals surface area contributed by atoms with E-state index in [1.54, 1.807) is 0 Å². The van der Waals surface area contributed by atoms with Gasteiger partial charge in [0.15, 0.2) is 0 Å². The average molecular weight is 260 g/mol. The summed E-state index contributed by atoms with van der Waals surface area (Å²) in [5.41, 5.74) is 6.53. The molecular weight excluding hydrogens is 236 g/mol. The highest BCUT2D eigenvalue weighted by Gasteiger charge is 2.29. The van der Waals surface area contributed by atoms with Gasteiger partial charge in [0.25, 0.3) is 0 Å². The number of nitrogens with zero attached hydrogens (tertiary/aromatic N) is 3. The fourth-order valence-electron chi connectivity index (χ4n) is 3.10. The van der Waals surface area contributed by atoms with Crippen LogP contribution < -0.4 is 5.43 Å². The van der Waals surface area contributed by atoms with Crippen LogP contribution in [0.15, 0.2) is 11.2 Å². The van der Waals surface area contributed by atoms with E-state index in [1.807, 2.05) is 19.9 Å². The summed E-state index contributed by atoms with van der Waals surface area (Å²) in [5.74, 6) is 1.30. The predicted molar refractivity (Wildman–Crippen MR) is 79.4 cm³/mol. The molecule has 0 aliphatic heterocycles. The van der Waals surface area contributed by atoms with Crippen molar-refractivity contribution in [1.29, 1.82) is 0 Å². The second kappa shape index (κ2) is 5.27. The SMILES string of the molecule is Cc1cc(C)nc(N/N=C2\CC(C)CC(C)(C)C2)n1. The van der Waals surface area contributed by atoms with Crippen LogP contribution >= 0.6 is 0 Å². The number of rotatable bonds is 2. The zero-order valence-electron chi connectivity index (χ0n) is 12.6. The third-order valence-corrected chi connectivity index (χ3v) is 3.46. The number of aryl methyl sites for hydroxylation is 2. The zero-order chi connectivity index (χ0) is 14.0. The largest absolute Gasteiger partial charge is 0.245 e. The molecule has 19 heavy (non-hydrogen) atoms. The third-order valence-electron chi connectivity index (χ3n) is 3.46. The lowest BCUT2D eigenvalue weighted by Crippen LogP contribution is -2.28. The Balaban J connectivity index is 2.09. The van der Waals surface area contributed by atoms with Crippen LogP contribution in [0.1, 0.15) is 51.4 Å². The number of hydrogen-bond donors (Lipinski definition) is 1. The summed E-state index contributed by atoms with van der Waals surface area (Å²) in [4.78, 5) is 8.69. The van der Waals surface area contributed by atoms with Crippen LogP contribution in [0, 0.1) is 25.2 Å². The molecule has 1 atom stereocenters. The minimum atomic E-state index is 0.349. The van der Waals surface area contributed by atoms with E-state index in [4.69, 9.17) is 0 Å². The second-order valence-corrected chi connectivity index (χ2v) is 6.62. The van der Waals surface area contributed by atoms with Gasteiger partial charge < -0.3 is 0 Å². The Morgan fingerprint density at radius 3 is 2.47 bits per heavy atom. The fourth-order valence-corrected chi connectivity index (χ4v) is 3.10. The van der Waals surface area contributed by atoms with E-state index in [2.05, 4.69) is 41.3 Å². The highest BCUT2D eigenvalue weighted by atomic mass is 15.4. The van der Waals surface area contributed by atoms with Crippen molar-refractivity contribution >= 4 is 11.7 Å². The molecule has 1 N–H and O–H groups in total. The van der Waals surface area contributed by atoms with E-state index >= 15 is 0 Å². The minimum Gasteiger partial charge on any atom is -0.245 e. The molecule has 0 saturated heterocycles. The minimum absolute atomic E-state index is 0.349. The Morgan fingerprint density at radius 2 is 1.89 bits per heavy atom. The summed E-state index contributed by atoms with van der Waals surface area (Å²) in [6.07, 6.45) is 3.39. The quantitative estimate of drug-likeness (QED) is 0.825. The maximum atomic E-state index is 4.52. The van der Waals surface area contributed by atoms with Gasteiger partial charge in [0, 0.05) is 17.1 Å². The third kappa shape index (κ3) is 4.01. The molecule has 1 saturated carbocycles. The predicted octanol–water partition coefficient (Wildman–Crippen LogP) is 3.71. The maximum absolute atomic E-state index is 4.52. The first-order valence-corrected chi connectivity index (χ1v) is 6.98. The summed E-state index contributed by atoms with van der Waals surface area (Å²) in [5, 5.41) is 4.52. The summed E-state index contributed by atoms with van der Waals surface area (Å²) in [7, 11) is 0. The lowest BCUT2D eigenvalue weighted by Gasteiger charge is -2.34. The summed E-state index contributed by atoms with van der Waals surface area (Å²) >= 11 is 0. The second-order valence-electron chi connectivity index (χ2n) is 6.62. The molecule has 1 aromatic rings. The molecule has 1 heterocycles. The summed E-state index contributed by atoms with van der Waals surface area (Å²) in [6, 6.07) is 1.96. The van der Waals surface area contributed by atoms with E-state index in [1.165, 1.54) is 12.1 Å². The number of nitrogens with one attached hydrogen (secondary N) is 1. The molecule has 0 spiro atoms. The van der Waals surface area contributed by atoms with Crippen LogP contribution in [0.25, 0.3) is 0 Å². The van der Waals surface area contributed by atoms with Crippen molar-refractivity contribution < 1.29 is 0 Å². The van der Waals surface area contributed by atoms with Gasteiger partial charge in [-0.05, 0) is 50.5 Å². The molecule has 1 aliphatic rings. The molecule has 4 heteroatoms. The fraction of sp³-hybridized carbons (Fsp3) is 0.667. The molecule has 1 unspecified atom stereocenters. The van der Waals surface area contributed by atoms with Gasteiger partial charge in [-0.1, -0.05) is 20.8 Å². The van der Waals surface area contributed by atoms with Gasteiger partial charge in [-0.25, -0.2) is 15.4 Å². The Kier molecular flexibility index (Phi) is 3.88. The molecule has 1 aromatic heterocycles. The standard InChI is InChI=1S/C15H24N4/c1-10-6-13(9-15(4,5)8-10)18-19-14-16-11(2)7-12(3)17-14/h7,10H,6,8-9H2,1-5H3,(H,16,17,19)/b18-13+. The van der Waals surface area contributed by atoms with Crippen molar-refractivity contribution in [2.24, 2.45) is 16.4 Å². The number of anilines is 1. The van der Waals surface area contributed by atoms with Crippen LogP contribution in [-0.4, -0.2) is 15.7 Å². The first kappa shape index (κ1) is 14.0. The van der Waals surface area contributed by atoms with Gasteiger partial charge in [-0.2, -0.15) is 5.10 Å². The summed E-state index contributed by atoms with van der Waals surface area (Å²) in [6.45, 7) is 10.9. The van der Waals surface area contributed by atoms with E-state index in [0.717, 1.165) is 24.2 Å². The molecule has 0 aromatic carbocycles. The molecular formula is C15H24N4. The average Bonchev–Trinajstić information content (AvgIpc) is 2.22. The molecule has 2 rings (SSSR count). The van der Waals surface area contributed by atoms with Crippen molar-refractivity contribution in [3.05, 3.63) is 17.5 Å². The summed E-state index contributed by atoms with van der Waals surface area (Å²) < 4.78 is 0. The zero-order valence-corrected chi connectivity index (χ0v) is 12.6. The highest BCUT2D eigenvalue weighted by Crippen LogP contribution is 2.36. The van der Waals surface area contributed by atoms with Crippen molar-refractivity contribution in [2.75, 3.05) is 5.43 Å². The maximum Gasteiger partial charge on any atom is 0.243 e. The molecule has 0 bridgehead atoms. The van der Waals surface area contributed by atoms with Crippen molar-refractivity contribution in [1.82, 2.24) is 9.97 Å². The molecule has 0 radical (unpaired) electrons. The van der Waals surface area contributed by atoms with Crippen molar-refractivity contribution in [3.8, 4) is 0 Å². The monoisotopic (exact) mass is 260 g/mol. The van der Waals surface area contributed by atoms with Crippen LogP contribution in [0.4, 0.5) is 5.95 Å². The smallest absolute Gasteiger partial charge is 0.243 e. The van der Waals surface area contributed by atoms with Crippen LogP contribution in [0.5, 0.6) is 0 Å². The Morgan fingerprint density at radius 1 is 1.26 bits per heavy atom. The van der Waals surface area contributed by atoms with Gasteiger partial charge in [-0.15, -0.1) is 0 Å². The van der Waals surface area contributed by atoms with Gasteiger partial charge in [-0.3, -0.25) is 0 Å². The van der Waals surface area contributed by atoms with E-state index in [9.17, 15) is 0 Å². The number of hydrazone groups is 1. The van der Waals surface area contributed by atoms with Crippen molar-refractivity contribution in [3.63, 3.8) is 0 Å². The normalized spacial score (nSPS) is 24.5. The van der Waals surface area contributed by atoms with E-state index < -0.39 is 0 Å². The molecule has 104 valence electrons. The lowest BCUT2D eigenvalue weighted by atomic mass is 9.72. The van der Waals surface area contributed by atoms with Crippen LogP contribution in [0.3, 0.4) is 0 Å². The van der Waals surface area contributed by atoms with Gasteiger partial charge in [0.1, 0.15) is 0 Å². The van der Waals surface area contributed by atoms with Gasteiger partial charge >= 0.3 is 0 Å². The lowest BCUT2D eigenvalue weighted by molar-refractivity contribution is 0.266. The molecule has 0 amide bonds. The number of hydrogen-bond acceptors (Lipinski definition) is 4. The first-order valence-electron chi connectivity index (χ1n) is 6.98. The van der Waals surface area contributed by atoms with Gasteiger partial charge in [0.2, 0.25) is 5.95 Å². The number of aromatic nitrogens is 2. The Bertz CT molecular complexity index is 471. The van der Waals surface area contributed by atoms with Gasteiger partial charge in [0.05, 0.1) is 0 Å². The van der Waals surface area contributed by atoms with E-state index in [0.29, 0.717) is 17.3 Å². The topological polar surface area (TPSA) is 50.2 Å².